The van der Waals surface area contributed by atoms with Crippen molar-refractivity contribution in [2.24, 2.45) is 0 Å². The van der Waals surface area contributed by atoms with E-state index in [2.05, 4.69) is 30.5 Å². The molecule has 1 unspecified atom stereocenters. The summed E-state index contributed by atoms with van der Waals surface area (Å²) in [5, 5.41) is 5.96. The molecule has 1 amide bonds. The van der Waals surface area contributed by atoms with Gasteiger partial charge in [-0.2, -0.15) is 0 Å². The van der Waals surface area contributed by atoms with Gasteiger partial charge < -0.3 is 10.6 Å². The van der Waals surface area contributed by atoms with Crippen LogP contribution in [0.3, 0.4) is 0 Å². The van der Waals surface area contributed by atoms with Gasteiger partial charge in [-0.15, -0.1) is 0 Å². The molecule has 0 saturated heterocycles. The number of hydrogen-bond acceptors (Lipinski definition) is 2. The third kappa shape index (κ3) is 1.39. The van der Waals surface area contributed by atoms with Crippen molar-refractivity contribution in [2.75, 3.05) is 12.4 Å². The van der Waals surface area contributed by atoms with Crippen LogP contribution in [-0.2, 0) is 10.2 Å². The first-order valence-corrected chi connectivity index (χ1v) is 5.15. The minimum atomic E-state index is -0.181. The number of amides is 1. The Bertz CT molecular complexity index is 398. The lowest BCUT2D eigenvalue weighted by molar-refractivity contribution is -0.122. The third-order valence-electron chi connectivity index (χ3n) is 3.15. The van der Waals surface area contributed by atoms with E-state index in [1.54, 1.807) is 7.05 Å². The normalized spacial score (nSPS) is 21.7. The lowest BCUT2D eigenvalue weighted by atomic mass is 9.80. The molecule has 0 aliphatic carbocycles. The van der Waals surface area contributed by atoms with Gasteiger partial charge in [0.05, 0.1) is 0 Å². The molecular weight excluding hydrogens is 188 g/mol. The minimum Gasteiger partial charge on any atom is -0.373 e. The first kappa shape index (κ1) is 10.0. The second-order valence-electron chi connectivity index (χ2n) is 4.46. The summed E-state index contributed by atoms with van der Waals surface area (Å²) in [6.45, 7) is 4.18. The van der Waals surface area contributed by atoms with Gasteiger partial charge in [0.25, 0.3) is 0 Å². The largest absolute Gasteiger partial charge is 0.373 e. The van der Waals surface area contributed by atoms with Gasteiger partial charge in [0.2, 0.25) is 5.91 Å². The van der Waals surface area contributed by atoms with E-state index in [9.17, 15) is 4.79 Å². The predicted molar refractivity (Wildman–Crippen MR) is 60.9 cm³/mol. The van der Waals surface area contributed by atoms with E-state index in [0.29, 0.717) is 0 Å². The van der Waals surface area contributed by atoms with E-state index in [1.807, 2.05) is 18.2 Å². The number of para-hydroxylation sites is 1. The SMILES string of the molecule is CNC(=O)C1Nc2ccccc2C1(C)C. The minimum absolute atomic E-state index is 0.0381. The topological polar surface area (TPSA) is 41.1 Å². The Hall–Kier alpha value is -1.51. The summed E-state index contributed by atoms with van der Waals surface area (Å²) in [4.78, 5) is 11.7. The molecule has 1 aliphatic heterocycles. The molecule has 1 aromatic rings. The van der Waals surface area contributed by atoms with Crippen molar-refractivity contribution < 1.29 is 4.79 Å². The highest BCUT2D eigenvalue weighted by molar-refractivity contribution is 5.89. The van der Waals surface area contributed by atoms with Gasteiger partial charge in [-0.3, -0.25) is 4.79 Å². The summed E-state index contributed by atoms with van der Waals surface area (Å²) in [5.74, 6) is 0.0381. The highest BCUT2D eigenvalue weighted by atomic mass is 16.2. The number of likely N-dealkylation sites (N-methyl/N-ethyl adjacent to an activating group) is 1. The Morgan fingerprint density at radius 1 is 1.40 bits per heavy atom. The Morgan fingerprint density at radius 2 is 2.07 bits per heavy atom. The lowest BCUT2D eigenvalue weighted by Crippen LogP contribution is -2.45. The number of carbonyl (C=O) groups excluding carboxylic acids is 1. The van der Waals surface area contributed by atoms with Crippen LogP contribution in [0.15, 0.2) is 24.3 Å². The van der Waals surface area contributed by atoms with Crippen LogP contribution in [0.25, 0.3) is 0 Å². The first-order chi connectivity index (χ1) is 7.07. The Balaban J connectivity index is 2.42. The molecular formula is C12H16N2O. The molecule has 0 bridgehead atoms. The maximum Gasteiger partial charge on any atom is 0.243 e. The van der Waals surface area contributed by atoms with Crippen molar-refractivity contribution in [2.45, 2.75) is 25.3 Å². The second-order valence-corrected chi connectivity index (χ2v) is 4.46. The highest BCUT2D eigenvalue weighted by Gasteiger charge is 2.42. The molecule has 2 rings (SSSR count). The molecule has 0 radical (unpaired) electrons. The fourth-order valence-corrected chi connectivity index (χ4v) is 2.20. The zero-order valence-corrected chi connectivity index (χ0v) is 9.29. The van der Waals surface area contributed by atoms with Crippen LogP contribution in [0.2, 0.25) is 0 Å². The summed E-state index contributed by atoms with van der Waals surface area (Å²) < 4.78 is 0. The standard InChI is InChI=1S/C12H16N2O/c1-12(2)8-6-4-5-7-9(8)14-10(12)11(15)13-3/h4-7,10,14H,1-3H3,(H,13,15). The van der Waals surface area contributed by atoms with E-state index in [0.717, 1.165) is 5.69 Å². The van der Waals surface area contributed by atoms with E-state index in [1.165, 1.54) is 5.56 Å². The summed E-state index contributed by atoms with van der Waals surface area (Å²) in [6, 6.07) is 7.90. The number of rotatable bonds is 1. The van der Waals surface area contributed by atoms with Crippen LogP contribution in [0.1, 0.15) is 19.4 Å². The van der Waals surface area contributed by atoms with Crippen LogP contribution in [0.5, 0.6) is 0 Å². The quantitative estimate of drug-likeness (QED) is 0.728. The molecule has 0 aromatic heterocycles. The van der Waals surface area contributed by atoms with Crippen LogP contribution in [0, 0.1) is 0 Å². The van der Waals surface area contributed by atoms with Gasteiger partial charge in [0, 0.05) is 18.2 Å². The number of carbonyl (C=O) groups is 1. The fourth-order valence-electron chi connectivity index (χ4n) is 2.20. The van der Waals surface area contributed by atoms with Crippen molar-refractivity contribution >= 4 is 11.6 Å². The predicted octanol–water partition coefficient (Wildman–Crippen LogP) is 1.50. The van der Waals surface area contributed by atoms with Gasteiger partial charge in [0.1, 0.15) is 6.04 Å². The molecule has 0 fully saturated rings. The van der Waals surface area contributed by atoms with Gasteiger partial charge in [-0.05, 0) is 11.6 Å². The third-order valence-corrected chi connectivity index (χ3v) is 3.15. The van der Waals surface area contributed by atoms with Gasteiger partial charge in [-0.25, -0.2) is 0 Å². The Labute approximate surface area is 89.9 Å². The molecule has 1 aromatic carbocycles. The monoisotopic (exact) mass is 204 g/mol. The summed E-state index contributed by atoms with van der Waals surface area (Å²) >= 11 is 0. The molecule has 3 nitrogen and oxygen atoms in total. The fraction of sp³-hybridized carbons (Fsp3) is 0.417. The number of hydrogen-bond donors (Lipinski definition) is 2. The number of anilines is 1. The molecule has 1 atom stereocenters. The average Bonchev–Trinajstić information content (AvgIpc) is 2.51. The smallest absolute Gasteiger partial charge is 0.243 e. The summed E-state index contributed by atoms with van der Waals surface area (Å²) in [6.07, 6.45) is 0. The van der Waals surface area contributed by atoms with Crippen LogP contribution in [0.4, 0.5) is 5.69 Å². The van der Waals surface area contributed by atoms with Crippen molar-refractivity contribution in [3.63, 3.8) is 0 Å². The van der Waals surface area contributed by atoms with Gasteiger partial charge in [0.15, 0.2) is 0 Å². The van der Waals surface area contributed by atoms with Gasteiger partial charge >= 0.3 is 0 Å². The molecule has 2 N–H and O–H groups in total. The van der Waals surface area contributed by atoms with Crippen molar-refractivity contribution in [3.8, 4) is 0 Å². The zero-order chi connectivity index (χ0) is 11.1. The maximum atomic E-state index is 11.7. The van der Waals surface area contributed by atoms with Crippen LogP contribution < -0.4 is 10.6 Å². The van der Waals surface area contributed by atoms with E-state index in [4.69, 9.17) is 0 Å². The van der Waals surface area contributed by atoms with Gasteiger partial charge in [-0.1, -0.05) is 32.0 Å². The van der Waals surface area contributed by atoms with Crippen molar-refractivity contribution in [1.29, 1.82) is 0 Å². The number of nitrogens with one attached hydrogen (secondary N) is 2. The first-order valence-electron chi connectivity index (χ1n) is 5.15. The molecule has 1 aliphatic rings. The summed E-state index contributed by atoms with van der Waals surface area (Å²) in [7, 11) is 1.67. The molecule has 15 heavy (non-hydrogen) atoms. The Kier molecular flexibility index (Phi) is 2.18. The van der Waals surface area contributed by atoms with E-state index < -0.39 is 0 Å². The highest BCUT2D eigenvalue weighted by Crippen LogP contribution is 2.40. The zero-order valence-electron chi connectivity index (χ0n) is 9.29. The summed E-state index contributed by atoms with van der Waals surface area (Å²) in [5.41, 5.74) is 2.12. The number of benzene rings is 1. The Morgan fingerprint density at radius 3 is 2.67 bits per heavy atom. The van der Waals surface area contributed by atoms with Crippen molar-refractivity contribution in [3.05, 3.63) is 29.8 Å². The van der Waals surface area contributed by atoms with Crippen molar-refractivity contribution in [1.82, 2.24) is 5.32 Å². The maximum absolute atomic E-state index is 11.7. The van der Waals surface area contributed by atoms with Crippen LogP contribution in [-0.4, -0.2) is 19.0 Å². The molecule has 3 heteroatoms. The molecule has 80 valence electrons. The van der Waals surface area contributed by atoms with E-state index >= 15 is 0 Å². The molecule has 1 heterocycles. The molecule has 0 saturated carbocycles. The average molecular weight is 204 g/mol. The van der Waals surface area contributed by atoms with Crippen LogP contribution >= 0.6 is 0 Å². The lowest BCUT2D eigenvalue weighted by Gasteiger charge is -2.25. The molecule has 0 spiro atoms. The second kappa shape index (κ2) is 3.26. The number of fused-ring (bicyclic) bond motifs is 1. The van der Waals surface area contributed by atoms with E-state index in [-0.39, 0.29) is 17.4 Å².